The third-order valence-electron chi connectivity index (χ3n) is 5.48. The number of nitro groups is 1. The van der Waals surface area contributed by atoms with Crippen LogP contribution in [0.1, 0.15) is 30.0 Å². The number of hydrogen-bond donors (Lipinski definition) is 1. The van der Waals surface area contributed by atoms with Crippen LogP contribution in [0, 0.1) is 10.1 Å². The van der Waals surface area contributed by atoms with E-state index in [1.165, 1.54) is 12.1 Å². The van der Waals surface area contributed by atoms with Crippen molar-refractivity contribution in [3.8, 4) is 11.3 Å². The lowest BCUT2D eigenvalue weighted by Crippen LogP contribution is -2.32. The first kappa shape index (κ1) is 21.9. The van der Waals surface area contributed by atoms with Crippen molar-refractivity contribution in [2.24, 2.45) is 0 Å². The van der Waals surface area contributed by atoms with E-state index in [2.05, 4.69) is 34.2 Å². The number of aromatic nitrogens is 1. The van der Waals surface area contributed by atoms with Crippen LogP contribution in [0.25, 0.3) is 11.3 Å². The summed E-state index contributed by atoms with van der Waals surface area (Å²) in [4.78, 5) is 19.4. The predicted octanol–water partition coefficient (Wildman–Crippen LogP) is 4.17. The van der Waals surface area contributed by atoms with E-state index in [0.717, 1.165) is 36.5 Å². The summed E-state index contributed by atoms with van der Waals surface area (Å²) in [5.41, 5.74) is 1.72. The van der Waals surface area contributed by atoms with Gasteiger partial charge in [0.1, 0.15) is 17.6 Å². The van der Waals surface area contributed by atoms with E-state index >= 15 is 0 Å². The second-order valence-corrected chi connectivity index (χ2v) is 8.37. The second kappa shape index (κ2) is 9.46. The molecule has 0 amide bonds. The van der Waals surface area contributed by atoms with Crippen molar-refractivity contribution < 1.29 is 9.34 Å². The SMILES string of the molecule is CN(C)CCCN1C(=S)N[C@H](c2ccccn2)[C@H]1c1ccc(-c2ccc([N+](=O)[O-])cc2)o1. The molecule has 1 N–H and O–H groups in total. The Morgan fingerprint density at radius 2 is 1.97 bits per heavy atom. The van der Waals surface area contributed by atoms with Crippen LogP contribution in [-0.4, -0.2) is 52.0 Å². The van der Waals surface area contributed by atoms with Gasteiger partial charge in [0.25, 0.3) is 5.69 Å². The van der Waals surface area contributed by atoms with Crippen LogP contribution >= 0.6 is 12.2 Å². The minimum Gasteiger partial charge on any atom is -0.459 e. The van der Waals surface area contributed by atoms with Crippen molar-refractivity contribution in [2.75, 3.05) is 27.2 Å². The lowest BCUT2D eigenvalue weighted by atomic mass is 10.0. The Kier molecular flexibility index (Phi) is 6.48. The fourth-order valence-corrected chi connectivity index (χ4v) is 4.26. The number of thiocarbonyl (C=S) groups is 1. The standard InChI is InChI=1S/C23H25N5O3S/c1-26(2)14-5-15-27-22(21(25-23(27)32)18-6-3-4-13-24-18)20-12-11-19(31-20)16-7-9-17(10-8-16)28(29)30/h3-4,6-13,21-22H,5,14-15H2,1-2H3,(H,25,32)/t21-,22-/m1/s1. The predicted molar refractivity (Wildman–Crippen MR) is 126 cm³/mol. The third kappa shape index (κ3) is 4.63. The summed E-state index contributed by atoms with van der Waals surface area (Å²) < 4.78 is 6.26. The summed E-state index contributed by atoms with van der Waals surface area (Å²) >= 11 is 5.68. The van der Waals surface area contributed by atoms with E-state index in [0.29, 0.717) is 10.9 Å². The molecular formula is C23H25N5O3S. The zero-order valence-electron chi connectivity index (χ0n) is 18.0. The maximum absolute atomic E-state index is 10.9. The molecule has 0 aliphatic carbocycles. The fraction of sp³-hybridized carbons (Fsp3) is 0.304. The Balaban J connectivity index is 1.64. The molecule has 32 heavy (non-hydrogen) atoms. The largest absolute Gasteiger partial charge is 0.459 e. The van der Waals surface area contributed by atoms with Gasteiger partial charge >= 0.3 is 0 Å². The molecule has 0 spiro atoms. The highest BCUT2D eigenvalue weighted by molar-refractivity contribution is 7.80. The first-order valence-electron chi connectivity index (χ1n) is 10.4. The molecule has 0 radical (unpaired) electrons. The van der Waals surface area contributed by atoms with E-state index in [1.54, 1.807) is 18.3 Å². The van der Waals surface area contributed by atoms with Gasteiger partial charge in [-0.3, -0.25) is 15.1 Å². The van der Waals surface area contributed by atoms with Gasteiger partial charge in [-0.15, -0.1) is 0 Å². The quantitative estimate of drug-likeness (QED) is 0.310. The van der Waals surface area contributed by atoms with Crippen molar-refractivity contribution in [3.63, 3.8) is 0 Å². The first-order chi connectivity index (χ1) is 15.4. The summed E-state index contributed by atoms with van der Waals surface area (Å²) in [6.07, 6.45) is 2.73. The number of nitrogens with one attached hydrogen (secondary N) is 1. The van der Waals surface area contributed by atoms with Gasteiger partial charge in [0.05, 0.1) is 16.7 Å². The summed E-state index contributed by atoms with van der Waals surface area (Å²) in [5.74, 6) is 1.42. The second-order valence-electron chi connectivity index (χ2n) is 7.98. The number of benzene rings is 1. The highest BCUT2D eigenvalue weighted by Crippen LogP contribution is 2.40. The number of hydrogen-bond acceptors (Lipinski definition) is 6. The molecule has 1 aromatic carbocycles. The molecule has 2 atom stereocenters. The minimum atomic E-state index is -0.411. The zero-order valence-corrected chi connectivity index (χ0v) is 18.8. The summed E-state index contributed by atoms with van der Waals surface area (Å²) in [6.45, 7) is 1.73. The molecule has 0 saturated carbocycles. The summed E-state index contributed by atoms with van der Waals surface area (Å²) in [5, 5.41) is 15.0. The Morgan fingerprint density at radius 1 is 1.19 bits per heavy atom. The Labute approximate surface area is 192 Å². The average molecular weight is 452 g/mol. The van der Waals surface area contributed by atoms with Crippen molar-refractivity contribution in [3.05, 3.63) is 82.4 Å². The zero-order chi connectivity index (χ0) is 22.7. The number of nitro benzene ring substituents is 1. The molecule has 0 unspecified atom stereocenters. The molecule has 166 valence electrons. The smallest absolute Gasteiger partial charge is 0.269 e. The van der Waals surface area contributed by atoms with E-state index in [1.807, 2.05) is 30.3 Å². The molecule has 3 aromatic rings. The number of non-ortho nitro benzene ring substituents is 1. The van der Waals surface area contributed by atoms with Crippen molar-refractivity contribution in [1.82, 2.24) is 20.1 Å². The van der Waals surface area contributed by atoms with Gasteiger partial charge in [-0.25, -0.2) is 0 Å². The average Bonchev–Trinajstić information content (AvgIpc) is 3.39. The molecule has 1 aliphatic heterocycles. The van der Waals surface area contributed by atoms with Crippen molar-refractivity contribution in [1.29, 1.82) is 0 Å². The van der Waals surface area contributed by atoms with Gasteiger partial charge in [0.2, 0.25) is 0 Å². The molecule has 9 heteroatoms. The van der Waals surface area contributed by atoms with Crippen molar-refractivity contribution in [2.45, 2.75) is 18.5 Å². The molecule has 0 bridgehead atoms. The normalized spacial score (nSPS) is 18.2. The van der Waals surface area contributed by atoms with Crippen LogP contribution in [0.2, 0.25) is 0 Å². The highest BCUT2D eigenvalue weighted by atomic mass is 32.1. The molecule has 8 nitrogen and oxygen atoms in total. The molecule has 3 heterocycles. The Morgan fingerprint density at radius 3 is 2.62 bits per heavy atom. The molecule has 1 aliphatic rings. The van der Waals surface area contributed by atoms with Gasteiger partial charge in [-0.05, 0) is 75.7 Å². The maximum atomic E-state index is 10.9. The molecule has 1 fully saturated rings. The number of pyridine rings is 1. The Hall–Kier alpha value is -3.30. The van der Waals surface area contributed by atoms with E-state index < -0.39 is 4.92 Å². The topological polar surface area (TPSA) is 87.7 Å². The lowest BCUT2D eigenvalue weighted by Gasteiger charge is -2.26. The summed E-state index contributed by atoms with van der Waals surface area (Å²) in [7, 11) is 4.11. The fourth-order valence-electron chi connectivity index (χ4n) is 3.93. The number of furan rings is 1. The van der Waals surface area contributed by atoms with Gasteiger partial charge < -0.3 is 19.5 Å². The van der Waals surface area contributed by atoms with E-state index in [-0.39, 0.29) is 17.8 Å². The molecule has 4 rings (SSSR count). The molecule has 1 saturated heterocycles. The summed E-state index contributed by atoms with van der Waals surface area (Å²) in [6, 6.07) is 15.7. The van der Waals surface area contributed by atoms with Gasteiger partial charge in [-0.2, -0.15) is 0 Å². The Bertz CT molecular complexity index is 1080. The van der Waals surface area contributed by atoms with Crippen LogP contribution in [0.5, 0.6) is 0 Å². The van der Waals surface area contributed by atoms with Gasteiger partial charge in [-0.1, -0.05) is 6.07 Å². The third-order valence-corrected chi connectivity index (χ3v) is 5.84. The minimum absolute atomic E-state index is 0.0492. The monoisotopic (exact) mass is 451 g/mol. The van der Waals surface area contributed by atoms with E-state index in [4.69, 9.17) is 16.6 Å². The number of nitrogens with zero attached hydrogens (tertiary/aromatic N) is 4. The maximum Gasteiger partial charge on any atom is 0.269 e. The first-order valence-corrected chi connectivity index (χ1v) is 10.8. The lowest BCUT2D eigenvalue weighted by molar-refractivity contribution is -0.384. The molecule has 2 aromatic heterocycles. The number of rotatable bonds is 8. The highest BCUT2D eigenvalue weighted by Gasteiger charge is 2.41. The van der Waals surface area contributed by atoms with Gasteiger partial charge in [0.15, 0.2) is 5.11 Å². The van der Waals surface area contributed by atoms with Crippen LogP contribution in [0.3, 0.4) is 0 Å². The van der Waals surface area contributed by atoms with Gasteiger partial charge in [0, 0.05) is 30.4 Å². The van der Waals surface area contributed by atoms with Crippen molar-refractivity contribution >= 4 is 23.0 Å². The van der Waals surface area contributed by atoms with Crippen LogP contribution in [0.4, 0.5) is 5.69 Å². The molecular weight excluding hydrogens is 426 g/mol. The van der Waals surface area contributed by atoms with Crippen LogP contribution in [0.15, 0.2) is 65.2 Å². The van der Waals surface area contributed by atoms with E-state index in [9.17, 15) is 10.1 Å². The van der Waals surface area contributed by atoms with Crippen LogP contribution in [-0.2, 0) is 0 Å². The van der Waals surface area contributed by atoms with Crippen LogP contribution < -0.4 is 5.32 Å².